The highest BCUT2D eigenvalue weighted by Gasteiger charge is 2.44. The number of benzene rings is 2. The Morgan fingerprint density at radius 2 is 1.62 bits per heavy atom. The second-order valence-electron chi connectivity index (χ2n) is 7.17. The van der Waals surface area contributed by atoms with Crippen LogP contribution < -0.4 is 25.4 Å². The van der Waals surface area contributed by atoms with Gasteiger partial charge in [-0.1, -0.05) is 15.9 Å². The molecule has 7 nitrogen and oxygen atoms in total. The summed E-state index contributed by atoms with van der Waals surface area (Å²) in [6.45, 7) is 0.224. The van der Waals surface area contributed by atoms with Gasteiger partial charge in [-0.25, -0.2) is 4.79 Å². The molecule has 1 saturated carbocycles. The summed E-state index contributed by atoms with van der Waals surface area (Å²) in [5.41, 5.74) is 1.32. The summed E-state index contributed by atoms with van der Waals surface area (Å²) in [6, 6.07) is 12.3. The van der Waals surface area contributed by atoms with Gasteiger partial charge in [-0.3, -0.25) is 4.79 Å². The summed E-state index contributed by atoms with van der Waals surface area (Å²) in [7, 11) is 0. The minimum Gasteiger partial charge on any atom is -0.448 e. The molecular formula is C21H22BrN3O4. The van der Waals surface area contributed by atoms with Gasteiger partial charge in [0, 0.05) is 47.7 Å². The number of hydrogen-bond acceptors (Lipinski definition) is 4. The first-order valence-corrected chi connectivity index (χ1v) is 10.4. The molecule has 2 aliphatic rings. The fourth-order valence-electron chi connectivity index (χ4n) is 3.51. The molecule has 0 aromatic heterocycles. The Kier molecular flexibility index (Phi) is 5.62. The van der Waals surface area contributed by atoms with Crippen LogP contribution in [-0.2, 0) is 4.79 Å². The normalized spacial score (nSPS) is 15.9. The smallest absolute Gasteiger partial charge is 0.319 e. The van der Waals surface area contributed by atoms with Gasteiger partial charge in [-0.05, 0) is 49.2 Å². The molecule has 0 saturated heterocycles. The number of hydrogen-bond donors (Lipinski definition) is 3. The van der Waals surface area contributed by atoms with Crippen LogP contribution in [0.15, 0.2) is 46.9 Å². The van der Waals surface area contributed by atoms with E-state index in [1.54, 1.807) is 24.3 Å². The van der Waals surface area contributed by atoms with E-state index in [-0.39, 0.29) is 24.9 Å². The van der Waals surface area contributed by atoms with Crippen LogP contribution in [-0.4, -0.2) is 24.3 Å². The number of anilines is 2. The quantitative estimate of drug-likeness (QED) is 0.607. The average molecular weight is 460 g/mol. The number of nitrogens with one attached hydrogen (secondary N) is 3. The van der Waals surface area contributed by atoms with Gasteiger partial charge >= 0.3 is 6.03 Å². The maximum Gasteiger partial charge on any atom is 0.319 e. The van der Waals surface area contributed by atoms with Gasteiger partial charge in [0.2, 0.25) is 5.91 Å². The van der Waals surface area contributed by atoms with Crippen molar-refractivity contribution in [3.8, 4) is 11.5 Å². The molecule has 152 valence electrons. The summed E-state index contributed by atoms with van der Waals surface area (Å²) in [5.74, 6) is 0.674. The van der Waals surface area contributed by atoms with Gasteiger partial charge in [0.15, 0.2) is 11.5 Å². The van der Waals surface area contributed by atoms with E-state index in [4.69, 9.17) is 9.47 Å². The van der Waals surface area contributed by atoms with Crippen LogP contribution in [0.2, 0.25) is 0 Å². The largest absolute Gasteiger partial charge is 0.448 e. The Morgan fingerprint density at radius 1 is 0.931 bits per heavy atom. The zero-order valence-electron chi connectivity index (χ0n) is 15.8. The van der Waals surface area contributed by atoms with E-state index >= 15 is 0 Å². The molecule has 0 unspecified atom stereocenters. The van der Waals surface area contributed by atoms with Crippen molar-refractivity contribution in [2.24, 2.45) is 0 Å². The van der Waals surface area contributed by atoms with E-state index in [1.807, 2.05) is 18.2 Å². The highest BCUT2D eigenvalue weighted by atomic mass is 79.9. The molecule has 1 fully saturated rings. The van der Waals surface area contributed by atoms with Crippen molar-refractivity contribution in [1.82, 2.24) is 5.32 Å². The topological polar surface area (TPSA) is 88.7 Å². The molecule has 0 atom stereocenters. The number of amides is 3. The molecule has 4 rings (SSSR count). The molecule has 0 radical (unpaired) electrons. The van der Waals surface area contributed by atoms with Crippen LogP contribution in [0.5, 0.6) is 11.5 Å². The summed E-state index contributed by atoms with van der Waals surface area (Å²) >= 11 is 3.34. The van der Waals surface area contributed by atoms with Crippen LogP contribution in [0.3, 0.4) is 0 Å². The summed E-state index contributed by atoms with van der Waals surface area (Å²) in [6.07, 6.45) is 4.13. The first kappa shape index (κ1) is 19.6. The molecule has 1 spiro atoms. The molecule has 2 aromatic rings. The van der Waals surface area contributed by atoms with E-state index in [0.717, 1.165) is 35.9 Å². The van der Waals surface area contributed by atoms with Gasteiger partial charge in [-0.15, -0.1) is 0 Å². The van der Waals surface area contributed by atoms with Crippen molar-refractivity contribution >= 4 is 39.2 Å². The predicted molar refractivity (Wildman–Crippen MR) is 113 cm³/mol. The van der Waals surface area contributed by atoms with Crippen LogP contribution in [0.25, 0.3) is 0 Å². The SMILES string of the molecule is O=C(CCNC(=O)Nc1ccc(Br)cc1)Nc1ccc2c(c1)OC1(CCCC1)O2. The third kappa shape index (κ3) is 4.82. The number of halogens is 1. The minimum atomic E-state index is -0.517. The Bertz CT molecular complexity index is 911. The lowest BCUT2D eigenvalue weighted by Crippen LogP contribution is -2.34. The third-order valence-corrected chi connectivity index (χ3v) is 5.45. The Labute approximate surface area is 177 Å². The fraction of sp³-hybridized carbons (Fsp3) is 0.333. The summed E-state index contributed by atoms with van der Waals surface area (Å²) in [5, 5.41) is 8.21. The molecule has 3 N–H and O–H groups in total. The van der Waals surface area contributed by atoms with Crippen LogP contribution in [0.4, 0.5) is 16.2 Å². The van der Waals surface area contributed by atoms with Crippen LogP contribution in [0, 0.1) is 0 Å². The van der Waals surface area contributed by atoms with Gasteiger partial charge in [-0.2, -0.15) is 0 Å². The van der Waals surface area contributed by atoms with Crippen molar-refractivity contribution in [2.75, 3.05) is 17.2 Å². The van der Waals surface area contributed by atoms with Gasteiger partial charge in [0.25, 0.3) is 5.79 Å². The molecule has 1 aliphatic carbocycles. The van der Waals surface area contributed by atoms with Crippen molar-refractivity contribution in [3.05, 3.63) is 46.9 Å². The molecule has 29 heavy (non-hydrogen) atoms. The Balaban J connectivity index is 1.22. The van der Waals surface area contributed by atoms with Gasteiger partial charge in [0.1, 0.15) is 0 Å². The lowest BCUT2D eigenvalue weighted by molar-refractivity contribution is -0.116. The molecule has 2 aromatic carbocycles. The fourth-order valence-corrected chi connectivity index (χ4v) is 3.78. The second kappa shape index (κ2) is 8.32. The standard InChI is InChI=1S/C21H22BrN3O4/c22-14-3-5-15(6-4-14)25-20(27)23-12-9-19(26)24-16-7-8-17-18(13-16)29-21(28-17)10-1-2-11-21/h3-8,13H,1-2,9-12H2,(H,24,26)(H2,23,25,27). The van der Waals surface area contributed by atoms with E-state index in [2.05, 4.69) is 31.9 Å². The first-order valence-electron chi connectivity index (χ1n) is 9.64. The third-order valence-electron chi connectivity index (χ3n) is 4.92. The van der Waals surface area contributed by atoms with Gasteiger partial charge in [0.05, 0.1) is 0 Å². The zero-order valence-corrected chi connectivity index (χ0v) is 17.4. The predicted octanol–water partition coefficient (Wildman–Crippen LogP) is 4.64. The van der Waals surface area contributed by atoms with Gasteiger partial charge < -0.3 is 25.4 Å². The number of urea groups is 1. The molecule has 3 amide bonds. The number of carbonyl (C=O) groups excluding carboxylic acids is 2. The average Bonchev–Trinajstić information content (AvgIpc) is 3.29. The molecule has 8 heteroatoms. The number of ether oxygens (including phenoxy) is 2. The van der Waals surface area contributed by atoms with Crippen LogP contribution in [0.1, 0.15) is 32.1 Å². The van der Waals surface area contributed by atoms with E-state index in [0.29, 0.717) is 17.1 Å². The van der Waals surface area contributed by atoms with Crippen LogP contribution >= 0.6 is 15.9 Å². The molecule has 1 heterocycles. The lowest BCUT2D eigenvalue weighted by atomic mass is 10.2. The maximum absolute atomic E-state index is 12.2. The monoisotopic (exact) mass is 459 g/mol. The molecule has 0 bridgehead atoms. The van der Waals surface area contributed by atoms with E-state index in [1.165, 1.54) is 0 Å². The number of carbonyl (C=O) groups is 2. The Morgan fingerprint density at radius 3 is 2.38 bits per heavy atom. The molecule has 1 aliphatic heterocycles. The van der Waals surface area contributed by atoms with Crippen molar-refractivity contribution < 1.29 is 19.1 Å². The van der Waals surface area contributed by atoms with Crippen molar-refractivity contribution in [1.29, 1.82) is 0 Å². The first-order chi connectivity index (χ1) is 14.0. The van der Waals surface area contributed by atoms with Crippen molar-refractivity contribution in [3.63, 3.8) is 0 Å². The van der Waals surface area contributed by atoms with E-state index in [9.17, 15) is 9.59 Å². The number of fused-ring (bicyclic) bond motifs is 1. The van der Waals surface area contributed by atoms with E-state index < -0.39 is 5.79 Å². The second-order valence-corrected chi connectivity index (χ2v) is 8.09. The van der Waals surface area contributed by atoms with Crippen molar-refractivity contribution in [2.45, 2.75) is 37.9 Å². The maximum atomic E-state index is 12.2. The molecular weight excluding hydrogens is 438 g/mol. The lowest BCUT2D eigenvalue weighted by Gasteiger charge is -2.21. The Hall–Kier alpha value is -2.74. The minimum absolute atomic E-state index is 0.159. The number of rotatable bonds is 5. The zero-order chi connectivity index (χ0) is 20.3. The highest BCUT2D eigenvalue weighted by molar-refractivity contribution is 9.10. The summed E-state index contributed by atoms with van der Waals surface area (Å²) in [4.78, 5) is 24.1. The highest BCUT2D eigenvalue weighted by Crippen LogP contribution is 2.47. The summed E-state index contributed by atoms with van der Waals surface area (Å²) < 4.78 is 12.9.